The monoisotopic (exact) mass is 348 g/mol. The quantitative estimate of drug-likeness (QED) is 0.903. The first-order valence-corrected chi connectivity index (χ1v) is 8.54. The van der Waals surface area contributed by atoms with Gasteiger partial charge in [-0.15, -0.1) is 0 Å². The summed E-state index contributed by atoms with van der Waals surface area (Å²) in [6, 6.07) is 3.90. The molecule has 7 nitrogen and oxygen atoms in total. The van der Waals surface area contributed by atoms with Crippen molar-refractivity contribution in [3.63, 3.8) is 0 Å². The summed E-state index contributed by atoms with van der Waals surface area (Å²) in [4.78, 5) is 27.2. The molecule has 1 N–H and O–H groups in total. The first kappa shape index (κ1) is 17.4. The molecule has 1 saturated heterocycles. The summed E-state index contributed by atoms with van der Waals surface area (Å²) in [6.45, 7) is 1.98. The first-order chi connectivity index (χ1) is 12.0. The van der Waals surface area contributed by atoms with Crippen LogP contribution in [-0.4, -0.2) is 60.8 Å². The average Bonchev–Trinajstić information content (AvgIpc) is 2.65. The van der Waals surface area contributed by atoms with Crippen LogP contribution in [0.4, 0.5) is 4.79 Å². The molecule has 2 heterocycles. The fraction of sp³-hybridized carbons (Fsp3) is 0.556. The molecule has 2 amide bonds. The lowest BCUT2D eigenvalue weighted by molar-refractivity contribution is -0.138. The second kappa shape index (κ2) is 7.21. The van der Waals surface area contributed by atoms with Gasteiger partial charge in [0.2, 0.25) is 5.91 Å². The van der Waals surface area contributed by atoms with E-state index >= 15 is 0 Å². The van der Waals surface area contributed by atoms with E-state index in [0.717, 1.165) is 30.4 Å². The Kier molecular flexibility index (Phi) is 5.01. The minimum absolute atomic E-state index is 0.0476. The van der Waals surface area contributed by atoms with Gasteiger partial charge in [0.05, 0.1) is 20.1 Å². The minimum atomic E-state index is -0.946. The van der Waals surface area contributed by atoms with E-state index in [0.29, 0.717) is 37.7 Å². The molecule has 0 aliphatic carbocycles. The molecule has 1 fully saturated rings. The van der Waals surface area contributed by atoms with Gasteiger partial charge in [-0.25, -0.2) is 4.79 Å². The number of amides is 2. The van der Waals surface area contributed by atoms with E-state index in [4.69, 9.17) is 14.6 Å². The molecule has 7 heteroatoms. The summed E-state index contributed by atoms with van der Waals surface area (Å²) in [6.07, 6.45) is 1.30. The molecule has 0 saturated carbocycles. The molecular formula is C18H24N2O5. The Labute approximate surface area is 147 Å². The van der Waals surface area contributed by atoms with Gasteiger partial charge in [0, 0.05) is 26.2 Å². The number of nitrogens with zero attached hydrogens (tertiary/aromatic N) is 2. The highest BCUT2D eigenvalue weighted by atomic mass is 16.5. The van der Waals surface area contributed by atoms with Crippen molar-refractivity contribution < 1.29 is 24.2 Å². The third-order valence-corrected chi connectivity index (χ3v) is 5.07. The Hall–Kier alpha value is -2.44. The molecule has 1 aromatic rings. The fourth-order valence-corrected chi connectivity index (χ4v) is 3.68. The number of hydrogen-bond donors (Lipinski definition) is 1. The molecule has 0 radical (unpaired) electrons. The Balaban J connectivity index is 1.73. The van der Waals surface area contributed by atoms with Crippen molar-refractivity contribution in [1.29, 1.82) is 0 Å². The summed E-state index contributed by atoms with van der Waals surface area (Å²) >= 11 is 0. The summed E-state index contributed by atoms with van der Waals surface area (Å²) in [5, 5.41) is 9.16. The van der Waals surface area contributed by atoms with Crippen LogP contribution in [0.1, 0.15) is 24.0 Å². The Morgan fingerprint density at radius 2 is 1.76 bits per heavy atom. The maximum atomic E-state index is 12.9. The molecule has 0 unspecified atom stereocenters. The first-order valence-electron chi connectivity index (χ1n) is 8.54. The van der Waals surface area contributed by atoms with Crippen LogP contribution < -0.4 is 9.47 Å². The van der Waals surface area contributed by atoms with Crippen molar-refractivity contribution in [2.45, 2.75) is 25.8 Å². The van der Waals surface area contributed by atoms with Gasteiger partial charge in [-0.3, -0.25) is 4.79 Å². The summed E-state index contributed by atoms with van der Waals surface area (Å²) in [5.41, 5.74) is 2.22. The predicted molar refractivity (Wildman–Crippen MR) is 91.0 cm³/mol. The highest BCUT2D eigenvalue weighted by Crippen LogP contribution is 2.34. The number of benzene rings is 1. The van der Waals surface area contributed by atoms with Crippen molar-refractivity contribution in [3.8, 4) is 11.5 Å². The maximum absolute atomic E-state index is 12.9. The molecule has 1 atom stereocenters. The number of rotatable bonds is 3. The van der Waals surface area contributed by atoms with Crippen LogP contribution in [0.25, 0.3) is 0 Å². The number of hydrogen-bond acceptors (Lipinski definition) is 4. The van der Waals surface area contributed by atoms with Crippen LogP contribution >= 0.6 is 0 Å². The van der Waals surface area contributed by atoms with Gasteiger partial charge in [-0.2, -0.15) is 0 Å². The van der Waals surface area contributed by atoms with E-state index in [-0.39, 0.29) is 11.8 Å². The Bertz CT molecular complexity index is 676. The molecule has 2 aliphatic heterocycles. The van der Waals surface area contributed by atoms with E-state index in [1.54, 1.807) is 14.2 Å². The number of ether oxygens (including phenoxy) is 2. The molecule has 0 spiro atoms. The average molecular weight is 348 g/mol. The van der Waals surface area contributed by atoms with Gasteiger partial charge < -0.3 is 24.4 Å². The molecule has 2 aliphatic rings. The molecule has 0 aromatic heterocycles. The lowest BCUT2D eigenvalue weighted by atomic mass is 9.94. The van der Waals surface area contributed by atoms with Crippen LogP contribution in [0.3, 0.4) is 0 Å². The zero-order valence-corrected chi connectivity index (χ0v) is 14.7. The highest BCUT2D eigenvalue weighted by molar-refractivity contribution is 5.80. The van der Waals surface area contributed by atoms with Crippen LogP contribution in [-0.2, 0) is 17.8 Å². The Morgan fingerprint density at radius 3 is 2.40 bits per heavy atom. The van der Waals surface area contributed by atoms with Crippen LogP contribution in [0.15, 0.2) is 12.1 Å². The number of carboxylic acid groups (broad SMARTS) is 1. The lowest BCUT2D eigenvalue weighted by Gasteiger charge is -2.36. The van der Waals surface area contributed by atoms with Crippen molar-refractivity contribution in [2.75, 3.05) is 33.9 Å². The minimum Gasteiger partial charge on any atom is -0.493 e. The van der Waals surface area contributed by atoms with Crippen LogP contribution in [0, 0.1) is 5.92 Å². The summed E-state index contributed by atoms with van der Waals surface area (Å²) < 4.78 is 10.7. The highest BCUT2D eigenvalue weighted by Gasteiger charge is 2.32. The van der Waals surface area contributed by atoms with E-state index in [1.165, 1.54) is 4.90 Å². The van der Waals surface area contributed by atoms with E-state index in [9.17, 15) is 9.59 Å². The standard InChI is InChI=1S/C18H24N2O5/c1-24-15-8-12-5-7-19(11-14(12)9-16(15)25-2)17(21)13-4-3-6-20(10-13)18(22)23/h8-9,13H,3-7,10-11H2,1-2H3,(H,22,23)/t13-/m1/s1. The maximum Gasteiger partial charge on any atom is 0.407 e. The molecule has 0 bridgehead atoms. The third kappa shape index (κ3) is 3.50. The van der Waals surface area contributed by atoms with Gasteiger partial charge in [0.15, 0.2) is 11.5 Å². The zero-order valence-electron chi connectivity index (χ0n) is 14.7. The smallest absolute Gasteiger partial charge is 0.407 e. The number of methoxy groups -OCH3 is 2. The predicted octanol–water partition coefficient (Wildman–Crippen LogP) is 1.98. The third-order valence-electron chi connectivity index (χ3n) is 5.07. The molecule has 1 aromatic carbocycles. The van der Waals surface area contributed by atoms with E-state index < -0.39 is 6.09 Å². The van der Waals surface area contributed by atoms with Crippen molar-refractivity contribution in [2.24, 2.45) is 5.92 Å². The second-order valence-electron chi connectivity index (χ2n) is 6.55. The van der Waals surface area contributed by atoms with E-state index in [1.807, 2.05) is 17.0 Å². The SMILES string of the molecule is COc1cc2c(cc1OC)CN(C(=O)[C@@H]1CCCN(C(=O)O)C1)CC2. The second-order valence-corrected chi connectivity index (χ2v) is 6.55. The van der Waals surface area contributed by atoms with Crippen LogP contribution in [0.5, 0.6) is 11.5 Å². The Morgan fingerprint density at radius 1 is 1.08 bits per heavy atom. The largest absolute Gasteiger partial charge is 0.493 e. The van der Waals surface area contributed by atoms with Gasteiger partial charge in [-0.1, -0.05) is 0 Å². The lowest BCUT2D eigenvalue weighted by Crippen LogP contribution is -2.47. The van der Waals surface area contributed by atoms with Gasteiger partial charge in [0.1, 0.15) is 0 Å². The number of likely N-dealkylation sites (tertiary alicyclic amines) is 1. The van der Waals surface area contributed by atoms with Gasteiger partial charge in [0.25, 0.3) is 0 Å². The molecule has 136 valence electrons. The van der Waals surface area contributed by atoms with Crippen LogP contribution in [0.2, 0.25) is 0 Å². The summed E-state index contributed by atoms with van der Waals surface area (Å²) in [5.74, 6) is 1.16. The number of piperidine rings is 1. The molecular weight excluding hydrogens is 324 g/mol. The van der Waals surface area contributed by atoms with Crippen molar-refractivity contribution in [1.82, 2.24) is 9.80 Å². The van der Waals surface area contributed by atoms with Crippen molar-refractivity contribution in [3.05, 3.63) is 23.3 Å². The molecule has 3 rings (SSSR count). The fourth-order valence-electron chi connectivity index (χ4n) is 3.68. The van der Waals surface area contributed by atoms with Gasteiger partial charge in [-0.05, 0) is 42.5 Å². The van der Waals surface area contributed by atoms with Gasteiger partial charge >= 0.3 is 6.09 Å². The van der Waals surface area contributed by atoms with Crippen molar-refractivity contribution >= 4 is 12.0 Å². The number of carbonyl (C=O) groups excluding carboxylic acids is 1. The number of carbonyl (C=O) groups is 2. The topological polar surface area (TPSA) is 79.3 Å². The zero-order chi connectivity index (χ0) is 18.0. The van der Waals surface area contributed by atoms with E-state index in [2.05, 4.69) is 0 Å². The summed E-state index contributed by atoms with van der Waals surface area (Å²) in [7, 11) is 3.21. The number of fused-ring (bicyclic) bond motifs is 1. The normalized spacial score (nSPS) is 20.0. The molecule has 25 heavy (non-hydrogen) atoms.